The number of aromatic nitrogens is 7. The Morgan fingerprint density at radius 2 is 0.676 bits per heavy atom. The molecule has 7 aromatic heterocycles. The van der Waals surface area contributed by atoms with Gasteiger partial charge in [-0.2, -0.15) is 0 Å². The van der Waals surface area contributed by atoms with Crippen molar-refractivity contribution in [3.8, 4) is 40.2 Å². The highest BCUT2D eigenvalue weighted by Crippen LogP contribution is 2.55. The molecule has 18 aliphatic rings. The molecule has 22 heterocycles. The minimum absolute atomic E-state index is 0.0285. The Morgan fingerprint density at radius 3 is 1.07 bits per heavy atom. The summed E-state index contributed by atoms with van der Waals surface area (Å²) in [6, 6.07) is 0.353. The monoisotopic (exact) mass is 1970 g/mol. The molecular weight excluding hydrogens is 1850 g/mol. The molecule has 7 N–H and O–H groups in total. The summed E-state index contributed by atoms with van der Waals surface area (Å²) in [5, 5.41) is 70.2. The van der Waals surface area contributed by atoms with Crippen molar-refractivity contribution in [3.63, 3.8) is 0 Å². The summed E-state index contributed by atoms with van der Waals surface area (Å²) in [6.45, 7) is 27.0. The summed E-state index contributed by atoms with van der Waals surface area (Å²) in [6.07, 6.45) is 19.6. The Balaban J connectivity index is 0.000000105. The quantitative estimate of drug-likeness (QED) is 0.131. The smallest absolute Gasteiger partial charge is 0.276 e. The first-order chi connectivity index (χ1) is 67.5. The van der Waals surface area contributed by atoms with Crippen LogP contribution in [0.15, 0.2) is 76.9 Å². The molecule has 760 valence electrons. The highest BCUT2D eigenvalue weighted by atomic mass is 16.6. The van der Waals surface area contributed by atoms with Crippen molar-refractivity contribution in [1.29, 1.82) is 0 Å². The average Bonchev–Trinajstić information content (AvgIpc) is 0.815. The van der Waals surface area contributed by atoms with E-state index in [-0.39, 0.29) is 190 Å². The van der Waals surface area contributed by atoms with E-state index in [0.29, 0.717) is 144 Å². The number of nitrogens with zero attached hydrogens (tertiary/aromatic N) is 14. The number of carbonyl (C=O) groups is 7. The summed E-state index contributed by atoms with van der Waals surface area (Å²) in [5.41, 5.74) is 0.0784. The molecule has 4 bridgehead atoms. The van der Waals surface area contributed by atoms with Gasteiger partial charge >= 0.3 is 0 Å². The predicted molar refractivity (Wildman–Crippen MR) is 496 cm³/mol. The Morgan fingerprint density at radius 1 is 0.338 bits per heavy atom. The van der Waals surface area contributed by atoms with Gasteiger partial charge in [0.15, 0.2) is 124 Å². The van der Waals surface area contributed by atoms with E-state index in [1.54, 1.807) is 165 Å². The lowest BCUT2D eigenvalue weighted by Gasteiger charge is -2.52. The SMILES string of the molecule is COC[C@@H]1CCO[C@H]2Cn3cc(C)c(=O)c(O)c3C(=O)N12.Cc1cn2c(c(O)c1=O)C(=O)N1CC3(COC3)CO[C@H]1C2.Cc1cn2c(c(O)c1=O)C(=O)N1CC[C@@H](C)O[C@H]1C2.Cc1cn2c(c(O)c1=O)C(=O)N1[C@@H]3CC[C@@H](C3)O[C@H]1C2.Cc1cn2c(c(O)c1=O)C(=O)N1[C@H](C)C[C@@H](C)O[C@H]1C2.Cc1cn2c(c(O)c1=O)C(=O)N1[C@H](C2)OCC2(CC2)[C@H]1C.Cc1cn2c(c(O)c1=O)C(=O)N1[C@H]3CC[C@H](C3)O[C@@H]1C2. The van der Waals surface area contributed by atoms with E-state index in [4.69, 9.17) is 42.6 Å². The third-order valence-corrected chi connectivity index (χ3v) is 30.9. The predicted octanol–water partition coefficient (Wildman–Crippen LogP) is 3.10. The minimum atomic E-state index is -0.505. The maximum atomic E-state index is 12.8. The van der Waals surface area contributed by atoms with Crippen LogP contribution in [0.1, 0.15) is 211 Å². The third kappa shape index (κ3) is 16.8. The molecule has 11 fully saturated rings. The normalized spacial score (nSPS) is 28.2. The fourth-order valence-corrected chi connectivity index (χ4v) is 23.2. The van der Waals surface area contributed by atoms with Gasteiger partial charge in [0.05, 0.1) is 121 Å². The van der Waals surface area contributed by atoms with E-state index in [0.717, 1.165) is 64.2 Å². The average molecular weight is 1970 g/mol. The fourth-order valence-electron chi connectivity index (χ4n) is 23.2. The van der Waals surface area contributed by atoms with Crippen LogP contribution >= 0.6 is 0 Å². The fraction of sp³-hybridized carbons (Fsp3) is 0.571. The number of amides is 7. The second-order valence-electron chi connectivity index (χ2n) is 40.8. The molecule has 0 unspecified atom stereocenters. The van der Waals surface area contributed by atoms with Gasteiger partial charge in [-0.05, 0) is 147 Å². The summed E-state index contributed by atoms with van der Waals surface area (Å²) in [4.78, 5) is 183. The molecule has 2 spiro atoms. The lowest BCUT2D eigenvalue weighted by molar-refractivity contribution is -0.226. The van der Waals surface area contributed by atoms with E-state index in [9.17, 15) is 103 Å². The molecule has 142 heavy (non-hydrogen) atoms. The maximum Gasteiger partial charge on any atom is 0.276 e. The molecule has 7 aromatic rings. The molecule has 7 amide bonds. The molecule has 15 aliphatic heterocycles. The zero-order valence-electron chi connectivity index (χ0n) is 80.9. The molecule has 44 heteroatoms. The molecular formula is C98H118N14O30. The summed E-state index contributed by atoms with van der Waals surface area (Å²) >= 11 is 0. The second-order valence-corrected chi connectivity index (χ2v) is 40.8. The molecule has 0 aromatic carbocycles. The Bertz CT molecular complexity index is 6720. The standard InChI is InChI=1S/C15H18N2O4.C14H16N2O5.C14H18N2O5.2C14H16N2O4.C14H18N2O4.C13H16N2O4/c1-8-5-16-6-10-17(9(2)15(3-4-15)7-21-10)14(20)11(16)13(19)12(8)18;1-8-2-15-3-9-16(4-14(7-21-9)5-20-6-14)13(19)10(15)12(18)11(8)17;1-8-5-15-6-10-16(9(7-20-2)3-4-21-10)14(19)11(15)13(18)12(8)17;2*1-7-5-15-6-10-16(8-2-3-9(4-8)20-10)14(19)11(15)13(18)12(7)17;1-7-5-15-6-10-16(8(2)4-9(3)20-10)14(19)11(15)13(18)12(7)17;1-7-5-14-6-9-15(4-3-8(2)19-9)13(18)10(14)12(17)11(7)16/h5,9-10,19H,3-4,6-7H2,1-2H3;2,9,18H,3-7H2,1H3;5,9-10,18H,3-4,6-7H2,1-2H3;2*5,8-10,18H,2-4,6H2,1H3;5,8-10,18H,4,6H2,1-3H3;5,8-9,17H,3-4,6H2,1-2H3/t9-,10+;9-;9-,10-;2*8-,9+,10+;8-,9-,10+;8-,9+/m1001011/s1. The highest BCUT2D eigenvalue weighted by Gasteiger charge is 2.59. The first-order valence-corrected chi connectivity index (χ1v) is 48.3. The van der Waals surface area contributed by atoms with Crippen LogP contribution in [-0.4, -0.2) is 301 Å². The van der Waals surface area contributed by atoms with Gasteiger partial charge in [-0.25, -0.2) is 0 Å². The number of rotatable bonds is 2. The minimum Gasteiger partial charge on any atom is -0.503 e. The molecule has 44 nitrogen and oxygen atoms in total. The number of aryl methyl sites for hydroxylation is 7. The largest absolute Gasteiger partial charge is 0.503 e. The second kappa shape index (κ2) is 37.2. The van der Waals surface area contributed by atoms with E-state index in [1.165, 1.54) is 0 Å². The Kier molecular flexibility index (Phi) is 25.6. The van der Waals surface area contributed by atoms with Crippen molar-refractivity contribution in [2.75, 3.05) is 59.8 Å². The van der Waals surface area contributed by atoms with E-state index in [1.807, 2.05) is 27.7 Å². The number of ether oxygens (including phenoxy) is 9. The van der Waals surface area contributed by atoms with Crippen LogP contribution < -0.4 is 38.0 Å². The van der Waals surface area contributed by atoms with Gasteiger partial charge < -0.3 is 145 Å². The van der Waals surface area contributed by atoms with E-state index in [2.05, 4.69) is 0 Å². The molecule has 16 atom stereocenters. The Hall–Kier alpha value is -12.8. The first kappa shape index (κ1) is 98.0. The van der Waals surface area contributed by atoms with Crippen molar-refractivity contribution in [3.05, 3.63) is 194 Å². The van der Waals surface area contributed by atoms with Crippen molar-refractivity contribution < 1.29 is 112 Å². The van der Waals surface area contributed by atoms with Crippen molar-refractivity contribution in [2.24, 2.45) is 10.8 Å². The first-order valence-electron chi connectivity index (χ1n) is 48.3. The van der Waals surface area contributed by atoms with Crippen LogP contribution in [0.4, 0.5) is 0 Å². The molecule has 0 radical (unpaired) electrons. The van der Waals surface area contributed by atoms with Crippen LogP contribution in [0.2, 0.25) is 0 Å². The molecule has 3 saturated carbocycles. The van der Waals surface area contributed by atoms with Crippen molar-refractivity contribution in [1.82, 2.24) is 66.3 Å². The van der Waals surface area contributed by atoms with Crippen LogP contribution in [0.3, 0.4) is 0 Å². The lowest BCUT2D eigenvalue weighted by atomic mass is 9.84. The number of hydrogen-bond acceptors (Lipinski definition) is 30. The summed E-state index contributed by atoms with van der Waals surface area (Å²) in [7, 11) is 1.58. The van der Waals surface area contributed by atoms with Crippen molar-refractivity contribution >= 4 is 41.4 Å². The zero-order chi connectivity index (χ0) is 101. The third-order valence-electron chi connectivity index (χ3n) is 30.9. The van der Waals surface area contributed by atoms with Gasteiger partial charge in [-0.3, -0.25) is 67.1 Å². The summed E-state index contributed by atoms with van der Waals surface area (Å²) < 4.78 is 62.6. The van der Waals surface area contributed by atoms with Crippen LogP contribution in [-0.2, 0) is 88.4 Å². The van der Waals surface area contributed by atoms with E-state index < -0.39 is 78.2 Å². The topological polar surface area (TPSA) is 521 Å². The number of pyridine rings is 7. The van der Waals surface area contributed by atoms with Crippen molar-refractivity contribution in [2.45, 2.75) is 291 Å². The number of aromatic hydroxyl groups is 7. The lowest BCUT2D eigenvalue weighted by Crippen LogP contribution is -2.64. The van der Waals surface area contributed by atoms with Crippen LogP contribution in [0.25, 0.3) is 0 Å². The maximum absolute atomic E-state index is 12.8. The number of methoxy groups -OCH3 is 1. The summed E-state index contributed by atoms with van der Waals surface area (Å²) in [5.74, 6) is -5.49. The molecule has 3 aliphatic carbocycles. The van der Waals surface area contributed by atoms with Gasteiger partial charge in [0.25, 0.3) is 41.4 Å². The zero-order valence-corrected chi connectivity index (χ0v) is 80.9. The molecule has 8 saturated heterocycles. The van der Waals surface area contributed by atoms with Gasteiger partial charge in [-0.1, -0.05) is 0 Å². The number of carbonyl (C=O) groups excluding carboxylic acids is 7. The van der Waals surface area contributed by atoms with Crippen LogP contribution in [0.5, 0.6) is 40.2 Å². The van der Waals surface area contributed by atoms with Gasteiger partial charge in [-0.15, -0.1) is 0 Å². The Labute approximate surface area is 811 Å². The van der Waals surface area contributed by atoms with Gasteiger partial charge in [0.1, 0.15) is 0 Å². The number of fused-ring (bicyclic) bond motifs is 20. The highest BCUT2D eigenvalue weighted by molar-refractivity contribution is 6.00. The molecule has 25 rings (SSSR count). The van der Waals surface area contributed by atoms with E-state index >= 15 is 0 Å². The van der Waals surface area contributed by atoms with Gasteiger partial charge in [0, 0.05) is 132 Å². The van der Waals surface area contributed by atoms with Gasteiger partial charge in [0.2, 0.25) is 38.0 Å². The number of hydrogen-bond donors (Lipinski definition) is 7. The van der Waals surface area contributed by atoms with Crippen LogP contribution in [0, 0.1) is 59.3 Å².